The Bertz CT molecular complexity index is 1090. The third-order valence-corrected chi connectivity index (χ3v) is 5.78. The number of ether oxygens (including phenoxy) is 1. The van der Waals surface area contributed by atoms with E-state index in [1.54, 1.807) is 6.33 Å². The number of anilines is 2. The molecule has 30 heavy (non-hydrogen) atoms. The van der Waals surface area contributed by atoms with Crippen LogP contribution >= 0.6 is 0 Å². The quantitative estimate of drug-likeness (QED) is 0.690. The van der Waals surface area contributed by atoms with Gasteiger partial charge >= 0.3 is 6.03 Å². The summed E-state index contributed by atoms with van der Waals surface area (Å²) in [5.74, 6) is 1.54. The molecule has 3 aromatic rings. The third-order valence-electron chi connectivity index (χ3n) is 5.78. The van der Waals surface area contributed by atoms with Crippen LogP contribution < -0.4 is 15.5 Å². The monoisotopic (exact) mass is 407 g/mol. The van der Waals surface area contributed by atoms with Crippen LogP contribution in [-0.2, 0) is 11.8 Å². The minimum atomic E-state index is -0.222. The highest BCUT2D eigenvalue weighted by Crippen LogP contribution is 2.46. The Balaban J connectivity index is 1.52. The number of aromatic nitrogens is 4. The van der Waals surface area contributed by atoms with E-state index in [1.165, 1.54) is 0 Å². The molecule has 3 heterocycles. The number of hydrogen-bond donors (Lipinski definition) is 2. The maximum atomic E-state index is 11.7. The van der Waals surface area contributed by atoms with Crippen LogP contribution in [0.4, 0.5) is 16.3 Å². The average molecular weight is 407 g/mol. The second kappa shape index (κ2) is 7.24. The van der Waals surface area contributed by atoms with Gasteiger partial charge in [0.1, 0.15) is 5.52 Å². The van der Waals surface area contributed by atoms with Crippen molar-refractivity contribution in [1.29, 1.82) is 0 Å². The molecule has 2 amide bonds. The van der Waals surface area contributed by atoms with Gasteiger partial charge in [-0.05, 0) is 44.0 Å². The molecule has 2 fully saturated rings. The fourth-order valence-corrected chi connectivity index (χ4v) is 4.01. The molecule has 0 unspecified atom stereocenters. The second-order valence-electron chi connectivity index (χ2n) is 7.89. The molecule has 0 atom stereocenters. The molecule has 2 aromatic heterocycles. The van der Waals surface area contributed by atoms with Gasteiger partial charge in [-0.2, -0.15) is 0 Å². The van der Waals surface area contributed by atoms with E-state index in [4.69, 9.17) is 14.7 Å². The van der Waals surface area contributed by atoms with Crippen LogP contribution in [0.5, 0.6) is 0 Å². The molecule has 2 aliphatic rings. The lowest BCUT2D eigenvalue weighted by Crippen LogP contribution is -2.48. The van der Waals surface area contributed by atoms with Gasteiger partial charge in [0.15, 0.2) is 17.3 Å². The Kier molecular flexibility index (Phi) is 4.54. The standard InChI is InChI=1S/C21H25N7O2/c1-3-22-20(29)24-15-6-4-14(5-7-15)17-25-18-16(27(2)13-23-18)19(26-17)28-10-11-30-12-21(28)8-9-21/h4-7,13H,3,8-12H2,1-2H3,(H2,22,24,29). The maximum absolute atomic E-state index is 11.7. The maximum Gasteiger partial charge on any atom is 0.319 e. The summed E-state index contributed by atoms with van der Waals surface area (Å²) in [5, 5.41) is 5.53. The fourth-order valence-electron chi connectivity index (χ4n) is 4.01. The Morgan fingerprint density at radius 1 is 1.23 bits per heavy atom. The molecule has 5 rings (SSSR count). The summed E-state index contributed by atoms with van der Waals surface area (Å²) in [6.45, 7) is 4.71. The number of rotatable bonds is 4. The number of nitrogens with one attached hydrogen (secondary N) is 2. The van der Waals surface area contributed by atoms with Crippen LogP contribution in [0, 0.1) is 0 Å². The number of urea groups is 1. The first-order valence-electron chi connectivity index (χ1n) is 10.3. The summed E-state index contributed by atoms with van der Waals surface area (Å²) < 4.78 is 7.74. The van der Waals surface area contributed by atoms with E-state index in [0.717, 1.165) is 42.9 Å². The predicted molar refractivity (Wildman–Crippen MR) is 115 cm³/mol. The number of amides is 2. The van der Waals surface area contributed by atoms with Crippen molar-refractivity contribution in [3.8, 4) is 11.4 Å². The molecule has 1 aromatic carbocycles. The van der Waals surface area contributed by atoms with E-state index in [0.29, 0.717) is 30.3 Å². The number of imidazole rings is 1. The number of morpholine rings is 1. The van der Waals surface area contributed by atoms with Crippen LogP contribution in [0.2, 0.25) is 0 Å². The normalized spacial score (nSPS) is 17.3. The van der Waals surface area contributed by atoms with Crippen LogP contribution in [0.15, 0.2) is 30.6 Å². The van der Waals surface area contributed by atoms with Gasteiger partial charge < -0.3 is 24.8 Å². The molecule has 0 radical (unpaired) electrons. The van der Waals surface area contributed by atoms with Crippen molar-refractivity contribution in [2.45, 2.75) is 25.3 Å². The number of aryl methyl sites for hydroxylation is 1. The molecular formula is C21H25N7O2. The molecule has 1 spiro atoms. The first kappa shape index (κ1) is 18.8. The summed E-state index contributed by atoms with van der Waals surface area (Å²) >= 11 is 0. The highest BCUT2D eigenvalue weighted by Gasteiger charge is 2.51. The van der Waals surface area contributed by atoms with E-state index in [2.05, 4.69) is 20.5 Å². The van der Waals surface area contributed by atoms with Crippen molar-refractivity contribution in [3.63, 3.8) is 0 Å². The van der Waals surface area contributed by atoms with E-state index in [1.807, 2.05) is 42.8 Å². The van der Waals surface area contributed by atoms with Crippen molar-refractivity contribution in [3.05, 3.63) is 30.6 Å². The van der Waals surface area contributed by atoms with Crippen molar-refractivity contribution in [2.75, 3.05) is 36.5 Å². The molecule has 0 bridgehead atoms. The number of fused-ring (bicyclic) bond motifs is 1. The number of nitrogens with zero attached hydrogens (tertiary/aromatic N) is 5. The second-order valence-corrected chi connectivity index (χ2v) is 7.89. The van der Waals surface area contributed by atoms with Gasteiger partial charge in [0.05, 0.1) is 25.1 Å². The van der Waals surface area contributed by atoms with Gasteiger partial charge in [0.2, 0.25) is 0 Å². The first-order valence-corrected chi connectivity index (χ1v) is 10.3. The molecular weight excluding hydrogens is 382 g/mol. The summed E-state index contributed by atoms with van der Waals surface area (Å²) in [5.41, 5.74) is 3.28. The predicted octanol–water partition coefficient (Wildman–Crippen LogP) is 2.54. The van der Waals surface area contributed by atoms with Crippen LogP contribution in [0.3, 0.4) is 0 Å². The molecule has 1 saturated carbocycles. The fraction of sp³-hybridized carbons (Fsp3) is 0.429. The topological polar surface area (TPSA) is 97.2 Å². The highest BCUT2D eigenvalue weighted by molar-refractivity contribution is 5.90. The highest BCUT2D eigenvalue weighted by atomic mass is 16.5. The van der Waals surface area contributed by atoms with E-state index < -0.39 is 0 Å². The van der Waals surface area contributed by atoms with E-state index in [-0.39, 0.29) is 11.6 Å². The van der Waals surface area contributed by atoms with E-state index >= 15 is 0 Å². The van der Waals surface area contributed by atoms with Gasteiger partial charge in [0.25, 0.3) is 0 Å². The summed E-state index contributed by atoms with van der Waals surface area (Å²) in [6.07, 6.45) is 4.02. The molecule has 1 aliphatic carbocycles. The molecule has 156 valence electrons. The minimum absolute atomic E-state index is 0.0570. The minimum Gasteiger partial charge on any atom is -0.377 e. The van der Waals surface area contributed by atoms with Gasteiger partial charge in [-0.3, -0.25) is 0 Å². The lowest BCUT2D eigenvalue weighted by Gasteiger charge is -2.37. The van der Waals surface area contributed by atoms with Crippen molar-refractivity contribution in [1.82, 2.24) is 24.8 Å². The van der Waals surface area contributed by atoms with Gasteiger partial charge in [-0.25, -0.2) is 19.7 Å². The van der Waals surface area contributed by atoms with Crippen molar-refractivity contribution in [2.24, 2.45) is 7.05 Å². The van der Waals surface area contributed by atoms with Gasteiger partial charge in [-0.15, -0.1) is 0 Å². The van der Waals surface area contributed by atoms with E-state index in [9.17, 15) is 4.79 Å². The largest absolute Gasteiger partial charge is 0.377 e. The average Bonchev–Trinajstić information content (AvgIpc) is 3.41. The Morgan fingerprint density at radius 3 is 2.77 bits per heavy atom. The van der Waals surface area contributed by atoms with Crippen LogP contribution in [0.25, 0.3) is 22.6 Å². The van der Waals surface area contributed by atoms with Gasteiger partial charge in [0, 0.05) is 31.4 Å². The molecule has 2 N–H and O–H groups in total. The smallest absolute Gasteiger partial charge is 0.319 e. The number of benzene rings is 1. The SMILES string of the molecule is CCNC(=O)Nc1ccc(-c2nc(N3CCOCC34CC4)c3c(ncn3C)n2)cc1. The Labute approximate surface area is 174 Å². The van der Waals surface area contributed by atoms with Crippen molar-refractivity contribution < 1.29 is 9.53 Å². The Morgan fingerprint density at radius 2 is 2.03 bits per heavy atom. The zero-order valence-corrected chi connectivity index (χ0v) is 17.2. The number of carbonyl (C=O) groups excluding carboxylic acids is 1. The molecule has 9 nitrogen and oxygen atoms in total. The van der Waals surface area contributed by atoms with Gasteiger partial charge in [-0.1, -0.05) is 0 Å². The zero-order valence-electron chi connectivity index (χ0n) is 17.2. The zero-order chi connectivity index (χ0) is 20.7. The Hall–Kier alpha value is -3.20. The summed E-state index contributed by atoms with van der Waals surface area (Å²) in [4.78, 5) is 28.3. The lowest BCUT2D eigenvalue weighted by atomic mass is 10.1. The van der Waals surface area contributed by atoms with Crippen LogP contribution in [-0.4, -0.2) is 57.4 Å². The number of hydrogen-bond acceptors (Lipinski definition) is 6. The third kappa shape index (κ3) is 3.24. The summed E-state index contributed by atoms with van der Waals surface area (Å²) in [6, 6.07) is 7.32. The van der Waals surface area contributed by atoms with Crippen molar-refractivity contribution >= 4 is 28.7 Å². The molecule has 1 saturated heterocycles. The molecule has 1 aliphatic heterocycles. The number of carbonyl (C=O) groups is 1. The first-order chi connectivity index (χ1) is 14.6. The summed E-state index contributed by atoms with van der Waals surface area (Å²) in [7, 11) is 1.98. The lowest BCUT2D eigenvalue weighted by molar-refractivity contribution is 0.0861. The molecule has 9 heteroatoms. The van der Waals surface area contributed by atoms with Crippen LogP contribution in [0.1, 0.15) is 19.8 Å².